The molecule has 0 heterocycles. The molecule has 0 fully saturated rings. The van der Waals surface area contributed by atoms with Crippen molar-refractivity contribution in [2.75, 3.05) is 0 Å². The minimum absolute atomic E-state index is 0.196. The lowest BCUT2D eigenvalue weighted by Gasteiger charge is -2.40. The summed E-state index contributed by atoms with van der Waals surface area (Å²) >= 11 is -3.04. The van der Waals surface area contributed by atoms with E-state index >= 15 is 0 Å². The molecule has 0 aromatic heterocycles. The first kappa shape index (κ1) is 30.8. The third-order valence-corrected chi connectivity index (χ3v) is 4.93. The SMILES string of the molecule is Cc1ccc(S(=O)ONC(=O)C(F)(F)C(F)(F)C(F)(F)C(F)(F)C(F)(F)C(F)(F)C(F)(F)F)cc1. The van der Waals surface area contributed by atoms with E-state index in [0.29, 0.717) is 5.56 Å². The maximum absolute atomic E-state index is 13.6. The Balaban J connectivity index is 3.30. The highest BCUT2D eigenvalue weighted by Crippen LogP contribution is 2.62. The molecule has 1 N–H and O–H groups in total. The number of alkyl halides is 15. The molecule has 1 aromatic carbocycles. The first-order valence-corrected chi connectivity index (χ1v) is 9.18. The maximum Gasteiger partial charge on any atom is 0.460 e. The minimum Gasteiger partial charge on any atom is -0.265 e. The van der Waals surface area contributed by atoms with Gasteiger partial charge >= 0.3 is 47.6 Å². The van der Waals surface area contributed by atoms with E-state index in [-0.39, 0.29) is 5.48 Å². The monoisotopic (exact) mass is 567 g/mol. The van der Waals surface area contributed by atoms with Crippen LogP contribution in [0.5, 0.6) is 0 Å². The highest BCUT2D eigenvalue weighted by molar-refractivity contribution is 7.80. The van der Waals surface area contributed by atoms with Gasteiger partial charge in [0.2, 0.25) is 11.1 Å². The Kier molecular flexibility index (Phi) is 7.92. The largest absolute Gasteiger partial charge is 0.460 e. The minimum atomic E-state index is -8.53. The molecule has 0 radical (unpaired) electrons. The zero-order valence-electron chi connectivity index (χ0n) is 16.1. The van der Waals surface area contributed by atoms with E-state index in [1.807, 2.05) is 0 Å². The van der Waals surface area contributed by atoms with Gasteiger partial charge in [0.15, 0.2) is 0 Å². The van der Waals surface area contributed by atoms with E-state index in [1.165, 1.54) is 19.1 Å². The fraction of sp³-hybridized carbons (Fsp3) is 0.533. The van der Waals surface area contributed by atoms with Gasteiger partial charge in [0.05, 0.1) is 4.90 Å². The third kappa shape index (κ3) is 4.77. The molecule has 202 valence electrons. The second-order valence-corrected chi connectivity index (χ2v) is 7.61. The van der Waals surface area contributed by atoms with Gasteiger partial charge in [-0.15, -0.1) is 0 Å². The zero-order chi connectivity index (χ0) is 28.1. The van der Waals surface area contributed by atoms with Crippen LogP contribution < -0.4 is 5.48 Å². The summed E-state index contributed by atoms with van der Waals surface area (Å²) in [6, 6.07) is 4.31. The van der Waals surface area contributed by atoms with E-state index in [0.717, 1.165) is 12.1 Å². The van der Waals surface area contributed by atoms with Gasteiger partial charge in [0.1, 0.15) is 0 Å². The van der Waals surface area contributed by atoms with Crippen molar-refractivity contribution in [3.63, 3.8) is 0 Å². The number of hydrogen-bond donors (Lipinski definition) is 1. The molecule has 0 saturated heterocycles. The molecule has 20 heteroatoms. The number of carbonyl (C=O) groups is 1. The lowest BCUT2D eigenvalue weighted by atomic mass is 9.91. The van der Waals surface area contributed by atoms with Crippen molar-refractivity contribution in [3.05, 3.63) is 29.8 Å². The van der Waals surface area contributed by atoms with Crippen LogP contribution in [0.2, 0.25) is 0 Å². The lowest BCUT2D eigenvalue weighted by Crippen LogP contribution is -2.74. The van der Waals surface area contributed by atoms with Gasteiger partial charge in [-0.25, -0.2) is 9.69 Å². The van der Waals surface area contributed by atoms with Crippen molar-refractivity contribution >= 4 is 17.0 Å². The summed E-state index contributed by atoms with van der Waals surface area (Å²) in [6.07, 6.45) is -7.74. The van der Waals surface area contributed by atoms with Crippen molar-refractivity contribution in [3.8, 4) is 0 Å². The summed E-state index contributed by atoms with van der Waals surface area (Å²) in [5.41, 5.74) is 0.707. The highest BCUT2D eigenvalue weighted by atomic mass is 32.2. The molecule has 0 aliphatic rings. The van der Waals surface area contributed by atoms with Gasteiger partial charge in [0, 0.05) is 0 Å². The number of hydroxylamine groups is 1. The summed E-state index contributed by atoms with van der Waals surface area (Å²) in [5, 5.41) is 0. The van der Waals surface area contributed by atoms with Crippen LogP contribution in [-0.4, -0.2) is 51.8 Å². The molecule has 1 atom stereocenters. The Morgan fingerprint density at radius 2 is 1.06 bits per heavy atom. The van der Waals surface area contributed by atoms with Crippen LogP contribution in [0.3, 0.4) is 0 Å². The smallest absolute Gasteiger partial charge is 0.265 e. The second-order valence-electron chi connectivity index (χ2n) is 6.51. The van der Waals surface area contributed by atoms with Gasteiger partial charge < -0.3 is 0 Å². The van der Waals surface area contributed by atoms with E-state index in [4.69, 9.17) is 0 Å². The number of halogens is 15. The summed E-state index contributed by atoms with van der Waals surface area (Å²) in [5.74, 6) is -52.6. The van der Waals surface area contributed by atoms with Crippen LogP contribution in [0.25, 0.3) is 0 Å². The second kappa shape index (κ2) is 9.00. The van der Waals surface area contributed by atoms with Crippen molar-refractivity contribution < 1.29 is 79.1 Å². The van der Waals surface area contributed by atoms with Crippen LogP contribution in [0, 0.1) is 6.92 Å². The van der Waals surface area contributed by atoms with Gasteiger partial charge in [-0.05, 0) is 19.1 Å². The summed E-state index contributed by atoms with van der Waals surface area (Å²) in [6.45, 7) is 1.49. The van der Waals surface area contributed by atoms with Gasteiger partial charge in [-0.2, -0.15) is 70.1 Å². The number of amides is 1. The summed E-state index contributed by atoms with van der Waals surface area (Å²) < 4.78 is 211. The van der Waals surface area contributed by atoms with Crippen molar-refractivity contribution in [2.24, 2.45) is 0 Å². The lowest BCUT2D eigenvalue weighted by molar-refractivity contribution is -0.449. The predicted molar refractivity (Wildman–Crippen MR) is 82.6 cm³/mol. The molecule has 1 aromatic rings. The van der Waals surface area contributed by atoms with Gasteiger partial charge in [-0.3, -0.25) is 4.79 Å². The molecular formula is C15H8F15NO3S. The molecule has 35 heavy (non-hydrogen) atoms. The molecule has 1 unspecified atom stereocenters. The van der Waals surface area contributed by atoms with Crippen molar-refractivity contribution in [2.45, 2.75) is 53.5 Å². The van der Waals surface area contributed by atoms with Gasteiger partial charge in [0.25, 0.3) is 0 Å². The Morgan fingerprint density at radius 1 is 0.686 bits per heavy atom. The zero-order valence-corrected chi connectivity index (χ0v) is 16.9. The van der Waals surface area contributed by atoms with Crippen LogP contribution in [-0.2, 0) is 20.2 Å². The van der Waals surface area contributed by atoms with Gasteiger partial charge in [-0.1, -0.05) is 17.7 Å². The highest BCUT2D eigenvalue weighted by Gasteiger charge is 2.94. The predicted octanol–water partition coefficient (Wildman–Crippen LogP) is 5.44. The average molecular weight is 567 g/mol. The normalized spacial score (nSPS) is 15.7. The molecule has 0 aliphatic carbocycles. The number of carbonyl (C=O) groups excluding carboxylic acids is 1. The van der Waals surface area contributed by atoms with Crippen LogP contribution in [0.1, 0.15) is 5.56 Å². The van der Waals surface area contributed by atoms with E-state index in [1.54, 1.807) is 0 Å². The Morgan fingerprint density at radius 3 is 1.46 bits per heavy atom. The first-order valence-electron chi connectivity index (χ1n) is 8.10. The van der Waals surface area contributed by atoms with E-state index < -0.39 is 63.6 Å². The van der Waals surface area contributed by atoms with Crippen molar-refractivity contribution in [1.29, 1.82) is 0 Å². The average Bonchev–Trinajstić information content (AvgIpc) is 2.70. The third-order valence-electron chi connectivity index (χ3n) is 4.04. The first-order chi connectivity index (χ1) is 15.3. The molecule has 0 spiro atoms. The molecule has 0 aliphatic heterocycles. The van der Waals surface area contributed by atoms with Crippen LogP contribution >= 0.6 is 0 Å². The summed E-state index contributed by atoms with van der Waals surface area (Å²) in [7, 11) is 0. The van der Waals surface area contributed by atoms with Crippen molar-refractivity contribution in [1.82, 2.24) is 5.48 Å². The topological polar surface area (TPSA) is 55.4 Å². The van der Waals surface area contributed by atoms with E-state index in [9.17, 15) is 74.9 Å². The quantitative estimate of drug-likeness (QED) is 0.320. The fourth-order valence-corrected chi connectivity index (χ4v) is 2.55. The van der Waals surface area contributed by atoms with Crippen LogP contribution in [0.15, 0.2) is 29.2 Å². The molecule has 4 nitrogen and oxygen atoms in total. The maximum atomic E-state index is 13.6. The Hall–Kier alpha value is -2.25. The molecule has 0 bridgehead atoms. The molecule has 1 amide bonds. The fourth-order valence-electron chi connectivity index (χ4n) is 1.95. The number of rotatable bonds is 9. The number of hydrogen-bond acceptors (Lipinski definition) is 3. The molecular weight excluding hydrogens is 559 g/mol. The molecule has 0 saturated carbocycles. The number of nitrogens with one attached hydrogen (secondary N) is 1. The Bertz CT molecular complexity index is 959. The number of benzene rings is 1. The standard InChI is InChI=1S/C15H8F15NO3S/c1-6-2-4-7(5-3-6)35(33)34-31-8(32)9(16,17)10(18,19)11(20,21)12(22,23)13(24,25)14(26,27)15(28,29)30/h2-5H,1H3,(H,31,32). The van der Waals surface area contributed by atoms with Crippen LogP contribution in [0.4, 0.5) is 65.9 Å². The Labute approximate surface area is 186 Å². The summed E-state index contributed by atoms with van der Waals surface area (Å²) in [4.78, 5) is 10.7. The van der Waals surface area contributed by atoms with E-state index in [2.05, 4.69) is 4.28 Å². The number of aryl methyl sites for hydroxylation is 1. The molecule has 1 rings (SSSR count).